The Morgan fingerprint density at radius 2 is 2.08 bits per heavy atom. The van der Waals surface area contributed by atoms with Gasteiger partial charge in [0.15, 0.2) is 0 Å². The molecule has 1 aromatic carbocycles. The average Bonchev–Trinajstić information content (AvgIpc) is 2.55. The monoisotopic (exact) mass is 333 g/mol. The molecule has 128 valence electrons. The molecule has 0 saturated carbocycles. The number of anilines is 1. The van der Waals surface area contributed by atoms with E-state index in [0.29, 0.717) is 30.6 Å². The van der Waals surface area contributed by atoms with E-state index in [0.717, 1.165) is 0 Å². The molecule has 0 radical (unpaired) electrons. The number of carbonyl (C=O) groups is 1. The van der Waals surface area contributed by atoms with Crippen molar-refractivity contribution in [2.24, 2.45) is 5.92 Å². The number of carbonyl (C=O) groups excluding carboxylic acids is 1. The van der Waals surface area contributed by atoms with Crippen LogP contribution < -0.4 is 4.90 Å². The number of amides is 1. The van der Waals surface area contributed by atoms with Crippen molar-refractivity contribution in [3.8, 4) is 0 Å². The van der Waals surface area contributed by atoms with Crippen molar-refractivity contribution in [2.45, 2.75) is 25.9 Å². The number of halogens is 2. The van der Waals surface area contributed by atoms with Crippen molar-refractivity contribution in [1.29, 1.82) is 0 Å². The van der Waals surface area contributed by atoms with E-state index in [4.69, 9.17) is 0 Å². The van der Waals surface area contributed by atoms with E-state index in [9.17, 15) is 18.7 Å². The maximum atomic E-state index is 12.9. The number of aliphatic hydroxyl groups is 1. The van der Waals surface area contributed by atoms with Gasteiger partial charge in [0.1, 0.15) is 11.6 Å². The van der Waals surface area contributed by atoms with Crippen molar-refractivity contribution >= 4 is 11.6 Å². The summed E-state index contributed by atoms with van der Waals surface area (Å²) in [4.78, 5) is 13.8. The first-order valence-electron chi connectivity index (χ1n) is 7.86. The van der Waals surface area contributed by atoms with Crippen LogP contribution >= 0.6 is 0 Å². The molecule has 1 aromatic rings. The van der Waals surface area contributed by atoms with E-state index in [1.165, 1.54) is 24.3 Å². The SMILES string of the molecule is C=C(F)/C=C\C(=CC)C(O)CCC1CN(c2ccc(F)cc2)C1=O. The third-order valence-corrected chi connectivity index (χ3v) is 4.12. The molecule has 1 saturated heterocycles. The number of aliphatic hydroxyl groups excluding tert-OH is 1. The summed E-state index contributed by atoms with van der Waals surface area (Å²) in [7, 11) is 0. The fourth-order valence-electron chi connectivity index (χ4n) is 2.68. The highest BCUT2D eigenvalue weighted by molar-refractivity contribution is 6.01. The molecule has 1 heterocycles. The number of β-lactam (4-membered cyclic amide) rings is 1. The van der Waals surface area contributed by atoms with Crippen molar-refractivity contribution in [3.05, 3.63) is 66.3 Å². The van der Waals surface area contributed by atoms with Gasteiger partial charge in [0.25, 0.3) is 0 Å². The molecule has 2 rings (SSSR count). The van der Waals surface area contributed by atoms with E-state index in [1.807, 2.05) is 0 Å². The normalized spacial score (nSPS) is 19.5. The molecule has 1 aliphatic rings. The Bertz CT molecular complexity index is 664. The summed E-state index contributed by atoms with van der Waals surface area (Å²) in [6, 6.07) is 5.79. The Hall–Kier alpha value is -2.27. The number of nitrogens with zero attached hydrogens (tertiary/aromatic N) is 1. The van der Waals surface area contributed by atoms with E-state index in [2.05, 4.69) is 6.58 Å². The van der Waals surface area contributed by atoms with Crippen LogP contribution in [0.15, 0.2) is 60.5 Å². The molecule has 2 atom stereocenters. The van der Waals surface area contributed by atoms with Gasteiger partial charge in [-0.15, -0.1) is 0 Å². The summed E-state index contributed by atoms with van der Waals surface area (Å²) < 4.78 is 25.6. The third kappa shape index (κ3) is 4.38. The molecule has 3 nitrogen and oxygen atoms in total. The lowest BCUT2D eigenvalue weighted by Crippen LogP contribution is -2.52. The molecule has 1 aliphatic heterocycles. The Morgan fingerprint density at radius 3 is 2.62 bits per heavy atom. The van der Waals surface area contributed by atoms with E-state index in [-0.39, 0.29) is 17.6 Å². The molecular weight excluding hydrogens is 312 g/mol. The minimum atomic E-state index is -0.752. The zero-order valence-electron chi connectivity index (χ0n) is 13.6. The molecule has 1 fully saturated rings. The summed E-state index contributed by atoms with van der Waals surface area (Å²) in [5, 5.41) is 10.2. The largest absolute Gasteiger partial charge is 0.388 e. The Balaban J connectivity index is 1.84. The van der Waals surface area contributed by atoms with Gasteiger partial charge in [0.2, 0.25) is 5.91 Å². The summed E-state index contributed by atoms with van der Waals surface area (Å²) in [5.41, 5.74) is 1.27. The second kappa shape index (κ2) is 8.02. The highest BCUT2D eigenvalue weighted by Crippen LogP contribution is 2.30. The van der Waals surface area contributed by atoms with Crippen LogP contribution in [0.3, 0.4) is 0 Å². The average molecular weight is 333 g/mol. The smallest absolute Gasteiger partial charge is 0.231 e. The number of allylic oxidation sites excluding steroid dienone is 3. The van der Waals surface area contributed by atoms with E-state index in [1.54, 1.807) is 30.0 Å². The van der Waals surface area contributed by atoms with Gasteiger partial charge in [-0.05, 0) is 55.7 Å². The first-order valence-corrected chi connectivity index (χ1v) is 7.86. The minimum absolute atomic E-state index is 0.0245. The van der Waals surface area contributed by atoms with Gasteiger partial charge in [-0.25, -0.2) is 8.78 Å². The van der Waals surface area contributed by atoms with Crippen LogP contribution in [0.4, 0.5) is 14.5 Å². The van der Waals surface area contributed by atoms with Crippen molar-refractivity contribution in [1.82, 2.24) is 0 Å². The Kier molecular flexibility index (Phi) is 6.04. The van der Waals surface area contributed by atoms with Crippen LogP contribution in [0.5, 0.6) is 0 Å². The van der Waals surface area contributed by atoms with Crippen LogP contribution in [0.2, 0.25) is 0 Å². The quantitative estimate of drug-likeness (QED) is 0.607. The number of hydrogen-bond acceptors (Lipinski definition) is 2. The van der Waals surface area contributed by atoms with E-state index >= 15 is 0 Å². The molecule has 1 N–H and O–H groups in total. The van der Waals surface area contributed by atoms with Crippen LogP contribution in [0.1, 0.15) is 19.8 Å². The first kappa shape index (κ1) is 18.1. The molecular formula is C19H21F2NO2. The molecule has 0 aliphatic carbocycles. The Labute approximate surface area is 140 Å². The van der Waals surface area contributed by atoms with Crippen LogP contribution in [0.25, 0.3) is 0 Å². The second-order valence-electron chi connectivity index (χ2n) is 5.78. The van der Waals surface area contributed by atoms with Gasteiger partial charge in [0, 0.05) is 12.2 Å². The molecule has 5 heteroatoms. The highest BCUT2D eigenvalue weighted by atomic mass is 19.1. The number of hydrogen-bond donors (Lipinski definition) is 1. The molecule has 0 spiro atoms. The summed E-state index contributed by atoms with van der Waals surface area (Å²) in [6.07, 6.45) is 4.59. The third-order valence-electron chi connectivity index (χ3n) is 4.12. The van der Waals surface area contributed by atoms with Gasteiger partial charge in [-0.2, -0.15) is 0 Å². The zero-order valence-corrected chi connectivity index (χ0v) is 13.6. The maximum Gasteiger partial charge on any atom is 0.231 e. The van der Waals surface area contributed by atoms with E-state index < -0.39 is 11.9 Å². The number of rotatable bonds is 7. The summed E-state index contributed by atoms with van der Waals surface area (Å²) in [5.74, 6) is -1.09. The first-order chi connectivity index (χ1) is 11.4. The lowest BCUT2D eigenvalue weighted by Gasteiger charge is -2.38. The molecule has 24 heavy (non-hydrogen) atoms. The van der Waals surface area contributed by atoms with Gasteiger partial charge >= 0.3 is 0 Å². The summed E-state index contributed by atoms with van der Waals surface area (Å²) >= 11 is 0. The van der Waals surface area contributed by atoms with Crippen LogP contribution in [-0.2, 0) is 4.79 Å². The maximum absolute atomic E-state index is 12.9. The molecule has 0 aromatic heterocycles. The van der Waals surface area contributed by atoms with Gasteiger partial charge in [-0.1, -0.05) is 18.7 Å². The lowest BCUT2D eigenvalue weighted by atomic mass is 9.90. The van der Waals surface area contributed by atoms with Gasteiger partial charge in [-0.3, -0.25) is 4.79 Å². The van der Waals surface area contributed by atoms with Crippen molar-refractivity contribution < 1.29 is 18.7 Å². The highest BCUT2D eigenvalue weighted by Gasteiger charge is 2.37. The van der Waals surface area contributed by atoms with Crippen molar-refractivity contribution in [3.63, 3.8) is 0 Å². The van der Waals surface area contributed by atoms with Crippen LogP contribution in [0, 0.1) is 11.7 Å². The molecule has 1 amide bonds. The zero-order chi connectivity index (χ0) is 17.7. The van der Waals surface area contributed by atoms with Crippen LogP contribution in [-0.4, -0.2) is 23.7 Å². The standard InChI is InChI=1S/C19H21F2NO2/c1-3-14(5-4-13(2)20)18(23)11-6-15-12-22(19(15)24)17-9-7-16(21)8-10-17/h3-5,7-10,15,18,23H,2,6,11-12H2,1H3/b5-4-,14-3?. The molecule has 2 unspecified atom stereocenters. The molecule has 0 bridgehead atoms. The summed E-state index contributed by atoms with van der Waals surface area (Å²) in [6.45, 7) is 5.45. The van der Waals surface area contributed by atoms with Crippen molar-refractivity contribution in [2.75, 3.05) is 11.4 Å². The predicted octanol–water partition coefficient (Wildman–Crippen LogP) is 3.92. The fourth-order valence-corrected chi connectivity index (χ4v) is 2.68. The Morgan fingerprint density at radius 1 is 1.42 bits per heavy atom. The fraction of sp³-hybridized carbons (Fsp3) is 0.316. The van der Waals surface area contributed by atoms with Gasteiger partial charge < -0.3 is 10.0 Å². The van der Waals surface area contributed by atoms with Gasteiger partial charge in [0.05, 0.1) is 12.0 Å². The predicted molar refractivity (Wildman–Crippen MR) is 90.6 cm³/mol. The second-order valence-corrected chi connectivity index (χ2v) is 5.78. The lowest BCUT2D eigenvalue weighted by molar-refractivity contribution is -0.127. The minimum Gasteiger partial charge on any atom is -0.388 e. The number of benzene rings is 1. The topological polar surface area (TPSA) is 40.5 Å².